The second-order valence-corrected chi connectivity index (χ2v) is 7.11. The first-order chi connectivity index (χ1) is 11.8. The van der Waals surface area contributed by atoms with Gasteiger partial charge in [-0.15, -0.1) is 0 Å². The maximum Gasteiger partial charge on any atom is 0.254 e. The van der Waals surface area contributed by atoms with E-state index in [1.54, 1.807) is 0 Å². The van der Waals surface area contributed by atoms with Gasteiger partial charge in [-0.1, -0.05) is 25.5 Å². The molecule has 0 radical (unpaired) electrons. The number of carbonyl (C=O) groups is 1. The molecular formula is C20H30N2O2. The quantitative estimate of drug-likeness (QED) is 0.902. The number of ether oxygens (including phenoxy) is 1. The van der Waals surface area contributed by atoms with Crippen LogP contribution in [0.25, 0.3) is 0 Å². The van der Waals surface area contributed by atoms with Crippen LogP contribution in [0.3, 0.4) is 0 Å². The van der Waals surface area contributed by atoms with Crippen molar-refractivity contribution in [2.24, 2.45) is 5.92 Å². The highest BCUT2D eigenvalue weighted by atomic mass is 16.5. The molecular weight excluding hydrogens is 300 g/mol. The molecule has 0 unspecified atom stereocenters. The summed E-state index contributed by atoms with van der Waals surface area (Å²) in [7, 11) is 0. The van der Waals surface area contributed by atoms with Crippen LogP contribution >= 0.6 is 0 Å². The third kappa shape index (κ3) is 4.37. The van der Waals surface area contributed by atoms with Crippen molar-refractivity contribution in [3.8, 4) is 0 Å². The van der Waals surface area contributed by atoms with Crippen molar-refractivity contribution >= 4 is 5.91 Å². The minimum atomic E-state index is 0.170. The highest BCUT2D eigenvalue weighted by Crippen LogP contribution is 2.21. The molecule has 2 saturated heterocycles. The molecule has 24 heavy (non-hydrogen) atoms. The number of hydrogen-bond donors (Lipinski definition) is 1. The van der Waals surface area contributed by atoms with Crippen LogP contribution in [-0.4, -0.2) is 49.7 Å². The first-order valence-electron chi connectivity index (χ1n) is 9.46. The molecule has 0 saturated carbocycles. The third-order valence-corrected chi connectivity index (χ3v) is 5.27. The Morgan fingerprint density at radius 3 is 2.96 bits per heavy atom. The Balaban J connectivity index is 1.68. The molecule has 4 heteroatoms. The predicted octanol–water partition coefficient (Wildman–Crippen LogP) is 2.87. The van der Waals surface area contributed by atoms with Crippen molar-refractivity contribution in [3.05, 3.63) is 35.4 Å². The summed E-state index contributed by atoms with van der Waals surface area (Å²) < 4.78 is 5.58. The van der Waals surface area contributed by atoms with E-state index in [1.165, 1.54) is 18.4 Å². The van der Waals surface area contributed by atoms with Crippen molar-refractivity contribution in [3.63, 3.8) is 0 Å². The molecule has 1 N–H and O–H groups in total. The number of rotatable bonds is 5. The Morgan fingerprint density at radius 2 is 2.17 bits per heavy atom. The smallest absolute Gasteiger partial charge is 0.254 e. The Kier molecular flexibility index (Phi) is 6.27. The molecule has 2 aliphatic rings. The van der Waals surface area contributed by atoms with E-state index in [2.05, 4.69) is 24.4 Å². The normalized spacial score (nSPS) is 22.5. The summed E-state index contributed by atoms with van der Waals surface area (Å²) in [6.07, 6.45) is 5.65. The van der Waals surface area contributed by atoms with Gasteiger partial charge in [-0.05, 0) is 62.4 Å². The lowest BCUT2D eigenvalue weighted by Crippen LogP contribution is -2.48. The highest BCUT2D eigenvalue weighted by molar-refractivity contribution is 5.94. The molecule has 0 aromatic heterocycles. The van der Waals surface area contributed by atoms with Gasteiger partial charge in [0.25, 0.3) is 5.91 Å². The van der Waals surface area contributed by atoms with Crippen LogP contribution in [0.2, 0.25) is 0 Å². The number of piperidine rings is 1. The van der Waals surface area contributed by atoms with E-state index in [0.717, 1.165) is 43.8 Å². The molecule has 1 amide bonds. The number of hydrogen-bond acceptors (Lipinski definition) is 3. The minimum Gasteiger partial charge on any atom is -0.377 e. The summed E-state index contributed by atoms with van der Waals surface area (Å²) in [4.78, 5) is 15.0. The lowest BCUT2D eigenvalue weighted by atomic mass is 9.90. The lowest BCUT2D eigenvalue weighted by molar-refractivity contribution is -0.00434. The van der Waals surface area contributed by atoms with Gasteiger partial charge in [-0.2, -0.15) is 0 Å². The Bertz CT molecular complexity index is 538. The lowest BCUT2D eigenvalue weighted by Gasteiger charge is -2.35. The molecule has 1 aromatic carbocycles. The molecule has 2 fully saturated rings. The van der Waals surface area contributed by atoms with Gasteiger partial charge in [0.05, 0.1) is 19.3 Å². The first kappa shape index (κ1) is 17.4. The zero-order valence-electron chi connectivity index (χ0n) is 14.8. The summed E-state index contributed by atoms with van der Waals surface area (Å²) in [6.45, 7) is 6.44. The molecule has 3 rings (SSSR count). The largest absolute Gasteiger partial charge is 0.377 e. The van der Waals surface area contributed by atoms with Crippen molar-refractivity contribution in [1.82, 2.24) is 10.2 Å². The topological polar surface area (TPSA) is 41.6 Å². The van der Waals surface area contributed by atoms with Gasteiger partial charge in [0, 0.05) is 12.1 Å². The number of nitrogens with one attached hydrogen (secondary N) is 1. The molecule has 1 atom stereocenters. The SMILES string of the molecule is CCC[C@H]1COCCN1C(=O)c1cccc(CC2CCNCC2)c1. The fourth-order valence-electron chi connectivity index (χ4n) is 3.91. The van der Waals surface area contributed by atoms with Crippen molar-refractivity contribution in [1.29, 1.82) is 0 Å². The summed E-state index contributed by atoms with van der Waals surface area (Å²) >= 11 is 0. The van der Waals surface area contributed by atoms with Gasteiger partial charge in [0.2, 0.25) is 0 Å². The summed E-state index contributed by atoms with van der Waals surface area (Å²) in [6, 6.07) is 8.51. The molecule has 0 spiro atoms. The fourth-order valence-corrected chi connectivity index (χ4v) is 3.91. The van der Waals surface area contributed by atoms with Crippen molar-refractivity contribution < 1.29 is 9.53 Å². The zero-order valence-corrected chi connectivity index (χ0v) is 14.8. The Morgan fingerprint density at radius 1 is 1.33 bits per heavy atom. The van der Waals surface area contributed by atoms with Crippen LogP contribution in [0, 0.1) is 5.92 Å². The number of nitrogens with zero attached hydrogens (tertiary/aromatic N) is 1. The van der Waals surface area contributed by atoms with Crippen molar-refractivity contribution in [2.75, 3.05) is 32.8 Å². The van der Waals surface area contributed by atoms with Gasteiger partial charge in [0.1, 0.15) is 0 Å². The van der Waals surface area contributed by atoms with E-state index in [4.69, 9.17) is 4.74 Å². The molecule has 2 heterocycles. The standard InChI is InChI=1S/C20H30N2O2/c1-2-4-19-15-24-12-11-22(19)20(23)18-6-3-5-17(14-18)13-16-7-9-21-10-8-16/h3,5-6,14,16,19,21H,2,4,7-13,15H2,1H3/t19-/m0/s1. The monoisotopic (exact) mass is 330 g/mol. The predicted molar refractivity (Wildman–Crippen MR) is 96.3 cm³/mol. The Hall–Kier alpha value is -1.39. The summed E-state index contributed by atoms with van der Waals surface area (Å²) in [5.41, 5.74) is 2.14. The van der Waals surface area contributed by atoms with Gasteiger partial charge in [-0.3, -0.25) is 4.79 Å². The molecule has 1 aromatic rings. The van der Waals surface area contributed by atoms with Crippen LogP contribution in [0.4, 0.5) is 0 Å². The van der Waals surface area contributed by atoms with Crippen LogP contribution < -0.4 is 5.32 Å². The molecule has 0 bridgehead atoms. The van der Waals surface area contributed by atoms with E-state index in [0.29, 0.717) is 19.8 Å². The van der Waals surface area contributed by atoms with E-state index in [-0.39, 0.29) is 11.9 Å². The maximum atomic E-state index is 13.0. The first-order valence-corrected chi connectivity index (χ1v) is 9.46. The average Bonchev–Trinajstić information content (AvgIpc) is 2.63. The third-order valence-electron chi connectivity index (χ3n) is 5.27. The molecule has 0 aliphatic carbocycles. The van der Waals surface area contributed by atoms with Gasteiger partial charge < -0.3 is 15.0 Å². The van der Waals surface area contributed by atoms with E-state index in [9.17, 15) is 4.79 Å². The van der Waals surface area contributed by atoms with Gasteiger partial charge >= 0.3 is 0 Å². The van der Waals surface area contributed by atoms with E-state index >= 15 is 0 Å². The zero-order chi connectivity index (χ0) is 16.8. The van der Waals surface area contributed by atoms with Crippen LogP contribution in [0.5, 0.6) is 0 Å². The second-order valence-electron chi connectivity index (χ2n) is 7.11. The van der Waals surface area contributed by atoms with E-state index < -0.39 is 0 Å². The van der Waals surface area contributed by atoms with Crippen molar-refractivity contribution in [2.45, 2.75) is 45.1 Å². The minimum absolute atomic E-state index is 0.170. The number of benzene rings is 1. The summed E-state index contributed by atoms with van der Waals surface area (Å²) in [5.74, 6) is 0.914. The van der Waals surface area contributed by atoms with E-state index in [1.807, 2.05) is 17.0 Å². The fraction of sp³-hybridized carbons (Fsp3) is 0.650. The van der Waals surface area contributed by atoms with Crippen LogP contribution in [0.15, 0.2) is 24.3 Å². The Labute approximate surface area is 145 Å². The van der Waals surface area contributed by atoms with Gasteiger partial charge in [-0.25, -0.2) is 0 Å². The highest BCUT2D eigenvalue weighted by Gasteiger charge is 2.27. The van der Waals surface area contributed by atoms with Gasteiger partial charge in [0.15, 0.2) is 0 Å². The van der Waals surface area contributed by atoms with Crippen LogP contribution in [0.1, 0.15) is 48.5 Å². The summed E-state index contributed by atoms with van der Waals surface area (Å²) in [5, 5.41) is 3.42. The number of carbonyl (C=O) groups excluding carboxylic acids is 1. The molecule has 2 aliphatic heterocycles. The van der Waals surface area contributed by atoms with Crippen LogP contribution in [-0.2, 0) is 11.2 Å². The molecule has 4 nitrogen and oxygen atoms in total. The second kappa shape index (κ2) is 8.63. The number of amides is 1. The number of morpholine rings is 1. The maximum absolute atomic E-state index is 13.0. The average molecular weight is 330 g/mol. The molecule has 132 valence electrons.